The van der Waals surface area contributed by atoms with E-state index in [2.05, 4.69) is 0 Å². The molecule has 20 heavy (non-hydrogen) atoms. The summed E-state index contributed by atoms with van der Waals surface area (Å²) >= 11 is 5.82. The van der Waals surface area contributed by atoms with Crippen LogP contribution in [0.25, 0.3) is 6.08 Å². The largest absolute Gasteiger partial charge is 0.504 e. The fourth-order valence-corrected chi connectivity index (χ4v) is 1.72. The molecule has 0 saturated heterocycles. The molecule has 1 atom stereocenters. The Hall–Kier alpha value is -1.88. The molecule has 6 heteroatoms. The van der Waals surface area contributed by atoms with Crippen LogP contribution in [0.3, 0.4) is 0 Å². The van der Waals surface area contributed by atoms with Gasteiger partial charge in [0.05, 0.1) is 0 Å². The maximum atomic E-state index is 11.5. The highest BCUT2D eigenvalue weighted by atomic mass is 35.5. The lowest BCUT2D eigenvalue weighted by atomic mass is 10.1. The number of ether oxygens (including phenoxy) is 1. The third kappa shape index (κ3) is 5.01. The summed E-state index contributed by atoms with van der Waals surface area (Å²) in [5.74, 6) is -2.18. The second-order valence-corrected chi connectivity index (χ2v) is 4.72. The van der Waals surface area contributed by atoms with Crippen LogP contribution >= 0.6 is 11.6 Å². The Morgan fingerprint density at radius 3 is 2.50 bits per heavy atom. The van der Waals surface area contributed by atoms with Gasteiger partial charge in [-0.05, 0) is 36.6 Å². The molecule has 110 valence electrons. The van der Waals surface area contributed by atoms with E-state index < -0.39 is 28.8 Å². The van der Waals surface area contributed by atoms with Crippen LogP contribution in [-0.4, -0.2) is 26.9 Å². The molecule has 0 saturated carbocycles. The van der Waals surface area contributed by atoms with E-state index in [4.69, 9.17) is 16.3 Å². The zero-order chi connectivity index (χ0) is 15.1. The number of alkyl halides is 1. The van der Waals surface area contributed by atoms with Crippen molar-refractivity contribution in [3.05, 3.63) is 23.8 Å². The van der Waals surface area contributed by atoms with E-state index in [1.54, 1.807) is 0 Å². The van der Waals surface area contributed by atoms with Crippen molar-refractivity contribution in [3.63, 3.8) is 0 Å². The minimum Gasteiger partial charge on any atom is -0.504 e. The molecule has 0 aliphatic rings. The van der Waals surface area contributed by atoms with Crippen molar-refractivity contribution in [2.75, 3.05) is 0 Å². The smallest absolute Gasteiger partial charge is 0.332 e. The third-order valence-corrected chi connectivity index (χ3v) is 2.84. The average Bonchev–Trinajstić information content (AvgIpc) is 2.40. The molecule has 0 aliphatic carbocycles. The summed E-state index contributed by atoms with van der Waals surface area (Å²) in [4.78, 5) is 11.5. The molecular weight excluding hydrogens is 284 g/mol. The van der Waals surface area contributed by atoms with Crippen molar-refractivity contribution >= 4 is 23.6 Å². The number of carbonyl (C=O) groups is 1. The number of hydrogen-bond acceptors (Lipinski definition) is 5. The monoisotopic (exact) mass is 300 g/mol. The lowest BCUT2D eigenvalue weighted by Crippen LogP contribution is -2.10. The van der Waals surface area contributed by atoms with Crippen LogP contribution in [0.15, 0.2) is 18.2 Å². The van der Waals surface area contributed by atoms with Crippen LogP contribution in [0, 0.1) is 0 Å². The van der Waals surface area contributed by atoms with E-state index in [1.165, 1.54) is 18.2 Å². The van der Waals surface area contributed by atoms with Gasteiger partial charge in [0.1, 0.15) is 0 Å². The van der Waals surface area contributed by atoms with Gasteiger partial charge in [0, 0.05) is 6.08 Å². The van der Waals surface area contributed by atoms with Gasteiger partial charge in [-0.1, -0.05) is 24.9 Å². The first-order valence-electron chi connectivity index (χ1n) is 6.21. The third-order valence-electron chi connectivity index (χ3n) is 2.53. The van der Waals surface area contributed by atoms with E-state index in [0.29, 0.717) is 12.0 Å². The van der Waals surface area contributed by atoms with Gasteiger partial charge in [0.25, 0.3) is 0 Å². The van der Waals surface area contributed by atoms with Crippen molar-refractivity contribution in [1.82, 2.24) is 0 Å². The Labute approximate surface area is 122 Å². The number of unbranched alkanes of at least 4 members (excludes halogenated alkanes) is 1. The molecule has 0 spiro atoms. The van der Waals surface area contributed by atoms with Gasteiger partial charge in [0.2, 0.25) is 0 Å². The Morgan fingerprint density at radius 2 is 1.95 bits per heavy atom. The van der Waals surface area contributed by atoms with E-state index >= 15 is 0 Å². The molecular formula is C14H17ClO5. The van der Waals surface area contributed by atoms with Crippen LogP contribution in [-0.2, 0) is 9.53 Å². The van der Waals surface area contributed by atoms with Crippen LogP contribution in [0.1, 0.15) is 31.7 Å². The summed E-state index contributed by atoms with van der Waals surface area (Å²) in [5, 5.41) is 27.8. The van der Waals surface area contributed by atoms with Gasteiger partial charge in [-0.3, -0.25) is 0 Å². The van der Waals surface area contributed by atoms with Gasteiger partial charge < -0.3 is 20.1 Å². The van der Waals surface area contributed by atoms with E-state index in [-0.39, 0.29) is 0 Å². The fourth-order valence-electron chi connectivity index (χ4n) is 1.47. The summed E-state index contributed by atoms with van der Waals surface area (Å²) in [6.07, 6.45) is 4.88. The number of phenolic OH excluding ortho intramolecular Hbond substituents is 3. The van der Waals surface area contributed by atoms with Crippen molar-refractivity contribution in [1.29, 1.82) is 0 Å². The van der Waals surface area contributed by atoms with Gasteiger partial charge in [0.15, 0.2) is 22.8 Å². The van der Waals surface area contributed by atoms with Crippen LogP contribution in [0.5, 0.6) is 17.2 Å². The number of phenols is 3. The molecule has 5 nitrogen and oxygen atoms in total. The normalized spacial score (nSPS) is 12.5. The Kier molecular flexibility index (Phi) is 6.18. The molecule has 0 aromatic heterocycles. The molecule has 1 rings (SSSR count). The van der Waals surface area contributed by atoms with Crippen LogP contribution in [0.2, 0.25) is 0 Å². The molecule has 0 radical (unpaired) electrons. The molecule has 0 fully saturated rings. The molecule has 1 aromatic carbocycles. The van der Waals surface area contributed by atoms with Crippen molar-refractivity contribution < 1.29 is 24.9 Å². The van der Waals surface area contributed by atoms with Gasteiger partial charge in [-0.15, -0.1) is 0 Å². The first-order chi connectivity index (χ1) is 9.43. The number of aromatic hydroxyl groups is 3. The number of rotatable bonds is 6. The lowest BCUT2D eigenvalue weighted by molar-refractivity contribution is -0.139. The highest BCUT2D eigenvalue weighted by molar-refractivity contribution is 6.20. The van der Waals surface area contributed by atoms with Gasteiger partial charge in [-0.25, -0.2) is 4.79 Å². The van der Waals surface area contributed by atoms with Gasteiger partial charge >= 0.3 is 5.97 Å². The molecule has 0 heterocycles. The molecule has 0 aliphatic heterocycles. The van der Waals surface area contributed by atoms with E-state index in [0.717, 1.165) is 18.9 Å². The Morgan fingerprint density at radius 1 is 1.35 bits per heavy atom. The maximum Gasteiger partial charge on any atom is 0.332 e. The summed E-state index contributed by atoms with van der Waals surface area (Å²) in [7, 11) is 0. The fraction of sp³-hybridized carbons (Fsp3) is 0.357. The summed E-state index contributed by atoms with van der Waals surface area (Å²) < 4.78 is 4.92. The second-order valence-electron chi connectivity index (χ2n) is 4.23. The lowest BCUT2D eigenvalue weighted by Gasteiger charge is -2.08. The summed E-state index contributed by atoms with van der Waals surface area (Å²) in [6.45, 7) is 2.01. The SMILES string of the molecule is CCCCC(Cl)OC(=O)/C=C/c1cc(O)c(O)c(O)c1. The number of benzene rings is 1. The first kappa shape index (κ1) is 16.2. The first-order valence-corrected chi connectivity index (χ1v) is 6.65. The predicted molar refractivity (Wildman–Crippen MR) is 75.7 cm³/mol. The van der Waals surface area contributed by atoms with Crippen molar-refractivity contribution in [3.8, 4) is 17.2 Å². The molecule has 1 aromatic rings. The van der Waals surface area contributed by atoms with Crippen molar-refractivity contribution in [2.24, 2.45) is 0 Å². The van der Waals surface area contributed by atoms with Crippen LogP contribution < -0.4 is 0 Å². The highest BCUT2D eigenvalue weighted by Crippen LogP contribution is 2.35. The minimum atomic E-state index is -0.672. The number of halogens is 1. The average molecular weight is 301 g/mol. The van der Waals surface area contributed by atoms with E-state index in [9.17, 15) is 20.1 Å². The molecule has 0 amide bonds. The Bertz CT molecular complexity index is 475. The van der Waals surface area contributed by atoms with E-state index in [1.807, 2.05) is 6.92 Å². The standard InChI is InChI=1S/C14H17ClO5/c1-2-3-4-12(15)20-13(18)6-5-9-7-10(16)14(19)11(17)8-9/h5-8,12,16-17,19H,2-4H2,1H3/b6-5+. The molecule has 0 bridgehead atoms. The van der Waals surface area contributed by atoms with Crippen molar-refractivity contribution in [2.45, 2.75) is 31.7 Å². The van der Waals surface area contributed by atoms with Gasteiger partial charge in [-0.2, -0.15) is 0 Å². The topological polar surface area (TPSA) is 87.0 Å². The Balaban J connectivity index is 2.61. The maximum absolute atomic E-state index is 11.5. The minimum absolute atomic E-state index is 0.342. The zero-order valence-corrected chi connectivity index (χ0v) is 11.8. The second kappa shape index (κ2) is 7.65. The number of esters is 1. The summed E-state index contributed by atoms with van der Waals surface area (Å²) in [5.41, 5.74) is -0.330. The molecule has 3 N–H and O–H groups in total. The quantitative estimate of drug-likeness (QED) is 0.325. The number of hydrogen-bond donors (Lipinski definition) is 3. The zero-order valence-electron chi connectivity index (χ0n) is 11.0. The predicted octanol–water partition coefficient (Wildman–Crippen LogP) is 3.11. The molecule has 1 unspecified atom stereocenters. The highest BCUT2D eigenvalue weighted by Gasteiger charge is 2.09. The number of carbonyl (C=O) groups excluding carboxylic acids is 1. The van der Waals surface area contributed by atoms with Crippen LogP contribution in [0.4, 0.5) is 0 Å². The summed E-state index contributed by atoms with van der Waals surface area (Å²) in [6, 6.07) is 2.40.